The lowest BCUT2D eigenvalue weighted by Gasteiger charge is -1.98. The van der Waals surface area contributed by atoms with E-state index in [4.69, 9.17) is 43.6 Å². The predicted octanol–water partition coefficient (Wildman–Crippen LogP) is 1.49. The van der Waals surface area contributed by atoms with E-state index in [1.54, 1.807) is 24.3 Å². The van der Waals surface area contributed by atoms with Gasteiger partial charge in [0, 0.05) is 5.39 Å². The summed E-state index contributed by atoms with van der Waals surface area (Å²) in [5.74, 6) is -1.18. The Bertz CT molecular complexity index is 670. The van der Waals surface area contributed by atoms with E-state index in [2.05, 4.69) is 0 Å². The third-order valence-corrected chi connectivity index (χ3v) is 2.99. The minimum absolute atomic E-state index is 0.0645. The SMILES string of the molecule is NC(CO)C(=O)O.O=c1oc(Cl)c(Cl)c2ccccc12. The number of carboxylic acid groups (broad SMARTS) is 1. The quantitative estimate of drug-likeness (QED) is 0.772. The summed E-state index contributed by atoms with van der Waals surface area (Å²) >= 11 is 11.4. The summed E-state index contributed by atoms with van der Waals surface area (Å²) in [5, 5.41) is 17.2. The molecule has 0 fully saturated rings. The summed E-state index contributed by atoms with van der Waals surface area (Å²) in [6, 6.07) is 5.76. The Kier molecular flexibility index (Phi) is 5.97. The number of halogens is 2. The van der Waals surface area contributed by atoms with Gasteiger partial charge in [0.25, 0.3) is 0 Å². The van der Waals surface area contributed by atoms with Gasteiger partial charge in [-0.25, -0.2) is 4.79 Å². The van der Waals surface area contributed by atoms with Gasteiger partial charge in [0.2, 0.25) is 5.22 Å². The smallest absolute Gasteiger partial charge is 0.345 e. The number of benzene rings is 1. The van der Waals surface area contributed by atoms with Crippen LogP contribution in [0.1, 0.15) is 0 Å². The molecule has 8 heteroatoms. The number of aliphatic carboxylic acids is 1. The van der Waals surface area contributed by atoms with Crippen molar-refractivity contribution < 1.29 is 19.4 Å². The molecule has 20 heavy (non-hydrogen) atoms. The maximum absolute atomic E-state index is 11.2. The number of aliphatic hydroxyl groups is 1. The molecule has 0 aliphatic heterocycles. The normalized spacial score (nSPS) is 11.6. The number of aliphatic hydroxyl groups excluding tert-OH is 1. The highest BCUT2D eigenvalue weighted by Gasteiger charge is 2.08. The van der Waals surface area contributed by atoms with Crippen molar-refractivity contribution in [2.75, 3.05) is 6.61 Å². The van der Waals surface area contributed by atoms with Crippen LogP contribution in [0.4, 0.5) is 0 Å². The number of hydrogen-bond donors (Lipinski definition) is 3. The zero-order valence-electron chi connectivity index (χ0n) is 10.0. The van der Waals surface area contributed by atoms with Crippen LogP contribution in [0.25, 0.3) is 10.8 Å². The predicted molar refractivity (Wildman–Crippen MR) is 75.2 cm³/mol. The van der Waals surface area contributed by atoms with E-state index in [9.17, 15) is 9.59 Å². The van der Waals surface area contributed by atoms with Crippen LogP contribution in [0.5, 0.6) is 0 Å². The minimum Gasteiger partial charge on any atom is -0.480 e. The first-order valence-electron chi connectivity index (χ1n) is 5.34. The van der Waals surface area contributed by atoms with Gasteiger partial charge in [0.05, 0.1) is 12.0 Å². The van der Waals surface area contributed by atoms with Crippen molar-refractivity contribution in [2.24, 2.45) is 5.73 Å². The Balaban J connectivity index is 0.000000246. The molecule has 0 aliphatic rings. The van der Waals surface area contributed by atoms with E-state index in [1.807, 2.05) is 0 Å². The molecule has 0 bridgehead atoms. The first-order valence-corrected chi connectivity index (χ1v) is 6.10. The van der Waals surface area contributed by atoms with E-state index >= 15 is 0 Å². The van der Waals surface area contributed by atoms with Crippen LogP contribution in [-0.4, -0.2) is 28.8 Å². The summed E-state index contributed by atoms with van der Waals surface area (Å²) in [6.07, 6.45) is 0. The third kappa shape index (κ3) is 3.94. The van der Waals surface area contributed by atoms with Gasteiger partial charge in [0.15, 0.2) is 0 Å². The lowest BCUT2D eigenvalue weighted by atomic mass is 10.2. The monoisotopic (exact) mass is 319 g/mol. The Hall–Kier alpha value is -1.60. The molecule has 2 rings (SSSR count). The number of rotatable bonds is 2. The van der Waals surface area contributed by atoms with Crippen molar-refractivity contribution in [3.05, 3.63) is 44.9 Å². The fourth-order valence-electron chi connectivity index (χ4n) is 1.22. The molecule has 1 aromatic heterocycles. The Morgan fingerprint density at radius 1 is 1.30 bits per heavy atom. The highest BCUT2D eigenvalue weighted by atomic mass is 35.5. The fourth-order valence-corrected chi connectivity index (χ4v) is 1.59. The molecule has 6 nitrogen and oxygen atoms in total. The molecule has 1 aromatic carbocycles. The minimum atomic E-state index is -1.18. The Morgan fingerprint density at radius 3 is 2.30 bits per heavy atom. The summed E-state index contributed by atoms with van der Waals surface area (Å²) < 4.78 is 4.70. The van der Waals surface area contributed by atoms with Crippen LogP contribution in [0, 0.1) is 0 Å². The van der Waals surface area contributed by atoms with Gasteiger partial charge in [-0.1, -0.05) is 29.8 Å². The summed E-state index contributed by atoms with van der Waals surface area (Å²) in [6.45, 7) is -0.505. The molecule has 0 saturated heterocycles. The molecule has 0 radical (unpaired) electrons. The zero-order chi connectivity index (χ0) is 15.3. The van der Waals surface area contributed by atoms with Gasteiger partial charge in [-0.05, 0) is 17.7 Å². The Morgan fingerprint density at radius 2 is 1.85 bits per heavy atom. The average molecular weight is 320 g/mol. The number of carboxylic acids is 1. The fraction of sp³-hybridized carbons (Fsp3) is 0.167. The van der Waals surface area contributed by atoms with Gasteiger partial charge in [-0.15, -0.1) is 0 Å². The first-order chi connectivity index (χ1) is 9.38. The molecule has 1 heterocycles. The van der Waals surface area contributed by atoms with E-state index in [1.165, 1.54) is 0 Å². The summed E-state index contributed by atoms with van der Waals surface area (Å²) in [4.78, 5) is 20.9. The van der Waals surface area contributed by atoms with Gasteiger partial charge < -0.3 is 20.4 Å². The van der Waals surface area contributed by atoms with E-state index in [-0.39, 0.29) is 10.2 Å². The van der Waals surface area contributed by atoms with E-state index < -0.39 is 24.2 Å². The number of nitrogens with two attached hydrogens (primary N) is 1. The van der Waals surface area contributed by atoms with Crippen LogP contribution >= 0.6 is 23.2 Å². The van der Waals surface area contributed by atoms with Gasteiger partial charge in [0.1, 0.15) is 11.1 Å². The largest absolute Gasteiger partial charge is 0.480 e. The number of hydrogen-bond acceptors (Lipinski definition) is 5. The molecule has 108 valence electrons. The number of fused-ring (bicyclic) bond motifs is 1. The molecule has 2 aromatic rings. The zero-order valence-corrected chi connectivity index (χ0v) is 11.6. The average Bonchev–Trinajstić information content (AvgIpc) is 2.44. The molecule has 0 aliphatic carbocycles. The molecular formula is C12H11Cl2NO5. The van der Waals surface area contributed by atoms with Crippen LogP contribution in [0.3, 0.4) is 0 Å². The molecule has 4 N–H and O–H groups in total. The number of carbonyl (C=O) groups is 1. The van der Waals surface area contributed by atoms with Crippen LogP contribution < -0.4 is 11.4 Å². The van der Waals surface area contributed by atoms with Crippen molar-refractivity contribution in [3.63, 3.8) is 0 Å². The van der Waals surface area contributed by atoms with Gasteiger partial charge in [-0.2, -0.15) is 0 Å². The second kappa shape index (κ2) is 7.25. The first kappa shape index (κ1) is 16.5. The van der Waals surface area contributed by atoms with Gasteiger partial charge in [-0.3, -0.25) is 4.79 Å². The highest BCUT2D eigenvalue weighted by molar-refractivity contribution is 6.44. The highest BCUT2D eigenvalue weighted by Crippen LogP contribution is 2.27. The lowest BCUT2D eigenvalue weighted by molar-refractivity contribution is -0.139. The van der Waals surface area contributed by atoms with Crippen molar-refractivity contribution >= 4 is 39.9 Å². The maximum atomic E-state index is 11.2. The molecular weight excluding hydrogens is 309 g/mol. The third-order valence-electron chi connectivity index (χ3n) is 2.25. The van der Waals surface area contributed by atoms with Crippen molar-refractivity contribution in [2.45, 2.75) is 6.04 Å². The van der Waals surface area contributed by atoms with Crippen molar-refractivity contribution in [3.8, 4) is 0 Å². The van der Waals surface area contributed by atoms with E-state index in [0.29, 0.717) is 10.8 Å². The van der Waals surface area contributed by atoms with Crippen LogP contribution in [0.15, 0.2) is 33.5 Å². The van der Waals surface area contributed by atoms with Crippen LogP contribution in [-0.2, 0) is 4.79 Å². The lowest BCUT2D eigenvalue weighted by Crippen LogP contribution is -2.33. The molecule has 1 unspecified atom stereocenters. The van der Waals surface area contributed by atoms with E-state index in [0.717, 1.165) is 0 Å². The summed E-state index contributed by atoms with van der Waals surface area (Å²) in [7, 11) is 0. The topological polar surface area (TPSA) is 114 Å². The molecule has 1 atom stereocenters. The van der Waals surface area contributed by atoms with Gasteiger partial charge >= 0.3 is 11.6 Å². The second-order valence-electron chi connectivity index (χ2n) is 3.65. The standard InChI is InChI=1S/C9H4Cl2O2.C3H7NO3/c10-7-5-3-1-2-4-6(5)9(12)13-8(7)11;4-2(1-5)3(6)7/h1-4H;2,5H,1,4H2,(H,6,7). The maximum Gasteiger partial charge on any atom is 0.345 e. The second-order valence-corrected chi connectivity index (χ2v) is 4.37. The van der Waals surface area contributed by atoms with Crippen LogP contribution in [0.2, 0.25) is 10.2 Å². The summed E-state index contributed by atoms with van der Waals surface area (Å²) in [5.41, 5.74) is 4.30. The Labute approximate surface area is 123 Å². The molecule has 0 amide bonds. The molecule has 0 spiro atoms. The van der Waals surface area contributed by atoms with Crippen molar-refractivity contribution in [1.82, 2.24) is 0 Å². The van der Waals surface area contributed by atoms with Crippen molar-refractivity contribution in [1.29, 1.82) is 0 Å². The molecule has 0 saturated carbocycles.